The number of hydrogen-bond acceptors (Lipinski definition) is 3. The van der Waals surface area contributed by atoms with Gasteiger partial charge in [0.25, 0.3) is 0 Å². The van der Waals surface area contributed by atoms with E-state index in [1.165, 1.54) is 5.75 Å². The molecule has 0 bridgehead atoms. The van der Waals surface area contributed by atoms with Gasteiger partial charge in [-0.25, -0.2) is 0 Å². The normalized spacial score (nSPS) is 27.3. The highest BCUT2D eigenvalue weighted by Gasteiger charge is 2.27. The summed E-state index contributed by atoms with van der Waals surface area (Å²) in [6.07, 6.45) is 3.25. The fourth-order valence-electron chi connectivity index (χ4n) is 2.29. The average Bonchev–Trinajstić information content (AvgIpc) is 2.18. The van der Waals surface area contributed by atoms with Gasteiger partial charge in [-0.05, 0) is 6.42 Å². The number of hydrogen-bond donors (Lipinski definition) is 0. The lowest BCUT2D eigenvalue weighted by Gasteiger charge is -2.36. The van der Waals surface area contributed by atoms with E-state index in [1.807, 2.05) is 11.8 Å². The third kappa shape index (κ3) is 4.15. The van der Waals surface area contributed by atoms with Crippen molar-refractivity contribution < 1.29 is 4.79 Å². The first-order valence-corrected chi connectivity index (χ1v) is 6.95. The smallest absolute Gasteiger partial charge is 0.127 e. The molecule has 0 N–H and O–H groups in total. The van der Waals surface area contributed by atoms with E-state index in [9.17, 15) is 4.79 Å². The summed E-state index contributed by atoms with van der Waals surface area (Å²) in [6, 6.07) is 0. The van der Waals surface area contributed by atoms with Gasteiger partial charge in [-0.1, -0.05) is 27.2 Å². The predicted molar refractivity (Wildman–Crippen MR) is 67.4 cm³/mol. The van der Waals surface area contributed by atoms with Crippen LogP contribution in [0.25, 0.3) is 0 Å². The molecule has 0 aromatic heterocycles. The molecule has 1 saturated heterocycles. The number of thioether (sulfide) groups is 1. The number of aldehydes is 1. The maximum atomic E-state index is 11.1. The maximum Gasteiger partial charge on any atom is 0.127 e. The first kappa shape index (κ1) is 13.0. The van der Waals surface area contributed by atoms with Crippen molar-refractivity contribution in [3.8, 4) is 0 Å². The van der Waals surface area contributed by atoms with Crippen LogP contribution >= 0.6 is 11.8 Å². The average molecular weight is 229 g/mol. The van der Waals surface area contributed by atoms with Crippen molar-refractivity contribution in [2.45, 2.75) is 38.9 Å². The van der Waals surface area contributed by atoms with Gasteiger partial charge in [0.2, 0.25) is 0 Å². The maximum absolute atomic E-state index is 11.1. The molecule has 0 saturated carbocycles. The largest absolute Gasteiger partial charge is 0.303 e. The Bertz CT molecular complexity index is 210. The van der Waals surface area contributed by atoms with E-state index in [0.29, 0.717) is 0 Å². The number of carbonyl (C=O) groups excluding carboxylic acids is 1. The molecule has 1 heterocycles. The lowest BCUT2D eigenvalue weighted by Crippen LogP contribution is -2.43. The van der Waals surface area contributed by atoms with Gasteiger partial charge in [-0.15, -0.1) is 0 Å². The van der Waals surface area contributed by atoms with E-state index < -0.39 is 0 Å². The number of nitrogens with zero attached hydrogens (tertiary/aromatic N) is 1. The molecule has 2 unspecified atom stereocenters. The van der Waals surface area contributed by atoms with E-state index in [-0.39, 0.29) is 5.41 Å². The molecule has 2 nitrogen and oxygen atoms in total. The van der Waals surface area contributed by atoms with Crippen LogP contribution in [0.15, 0.2) is 0 Å². The predicted octanol–water partition coefficient (Wildman–Crippen LogP) is 2.43. The molecule has 88 valence electrons. The molecule has 1 fully saturated rings. The van der Waals surface area contributed by atoms with Crippen molar-refractivity contribution in [3.05, 3.63) is 0 Å². The SMILES string of the molecule is CCCC(C)(C=O)CN1CCSC(C)C1. The molecule has 3 heteroatoms. The number of rotatable bonds is 5. The van der Waals surface area contributed by atoms with Crippen LogP contribution in [0.3, 0.4) is 0 Å². The summed E-state index contributed by atoms with van der Waals surface area (Å²) in [6.45, 7) is 9.73. The van der Waals surface area contributed by atoms with Crippen molar-refractivity contribution in [1.29, 1.82) is 0 Å². The molecule has 2 atom stereocenters. The summed E-state index contributed by atoms with van der Waals surface area (Å²) in [5, 5.41) is 0.719. The van der Waals surface area contributed by atoms with Crippen LogP contribution in [0.1, 0.15) is 33.6 Å². The lowest BCUT2D eigenvalue weighted by atomic mass is 9.86. The lowest BCUT2D eigenvalue weighted by molar-refractivity contribution is -0.116. The highest BCUT2D eigenvalue weighted by atomic mass is 32.2. The molecular weight excluding hydrogens is 206 g/mol. The molecular formula is C12H23NOS. The van der Waals surface area contributed by atoms with Gasteiger partial charge in [0.15, 0.2) is 0 Å². The zero-order chi connectivity index (χ0) is 11.3. The Morgan fingerprint density at radius 2 is 2.33 bits per heavy atom. The Kier molecular flexibility index (Phi) is 5.13. The third-order valence-electron chi connectivity index (χ3n) is 3.02. The number of carbonyl (C=O) groups is 1. The Morgan fingerprint density at radius 3 is 2.87 bits per heavy atom. The van der Waals surface area contributed by atoms with E-state index in [1.54, 1.807) is 0 Å². The minimum absolute atomic E-state index is 0.128. The Hall–Kier alpha value is -0.0200. The van der Waals surface area contributed by atoms with Gasteiger partial charge < -0.3 is 9.69 Å². The third-order valence-corrected chi connectivity index (χ3v) is 4.15. The minimum Gasteiger partial charge on any atom is -0.303 e. The molecule has 15 heavy (non-hydrogen) atoms. The van der Waals surface area contributed by atoms with Crippen LogP contribution in [-0.4, -0.2) is 41.8 Å². The van der Waals surface area contributed by atoms with Crippen molar-refractivity contribution in [1.82, 2.24) is 4.90 Å². The zero-order valence-electron chi connectivity index (χ0n) is 10.2. The Balaban J connectivity index is 2.46. The van der Waals surface area contributed by atoms with Crippen molar-refractivity contribution in [2.24, 2.45) is 5.41 Å². The standard InChI is InChI=1S/C12H23NOS/c1-4-5-12(3,10-14)9-13-6-7-15-11(2)8-13/h10-11H,4-9H2,1-3H3. The molecule has 0 aromatic carbocycles. The van der Waals surface area contributed by atoms with Crippen molar-refractivity contribution >= 4 is 18.0 Å². The summed E-state index contributed by atoms with van der Waals surface area (Å²) in [4.78, 5) is 13.6. The summed E-state index contributed by atoms with van der Waals surface area (Å²) < 4.78 is 0. The van der Waals surface area contributed by atoms with Gasteiger partial charge >= 0.3 is 0 Å². The van der Waals surface area contributed by atoms with Gasteiger partial charge in [0.1, 0.15) is 6.29 Å². The Morgan fingerprint density at radius 1 is 1.60 bits per heavy atom. The molecule has 0 amide bonds. The zero-order valence-corrected chi connectivity index (χ0v) is 11.0. The second-order valence-electron chi connectivity index (χ2n) is 4.94. The molecule has 0 aliphatic carbocycles. The van der Waals surface area contributed by atoms with E-state index in [2.05, 4.69) is 25.7 Å². The fraction of sp³-hybridized carbons (Fsp3) is 0.917. The highest BCUT2D eigenvalue weighted by Crippen LogP contribution is 2.25. The van der Waals surface area contributed by atoms with Gasteiger partial charge in [-0.3, -0.25) is 0 Å². The Labute approximate surface area is 97.8 Å². The molecule has 0 spiro atoms. The topological polar surface area (TPSA) is 20.3 Å². The quantitative estimate of drug-likeness (QED) is 0.675. The summed E-state index contributed by atoms with van der Waals surface area (Å²) in [5.74, 6) is 1.21. The van der Waals surface area contributed by atoms with E-state index >= 15 is 0 Å². The fourth-order valence-corrected chi connectivity index (χ4v) is 3.37. The van der Waals surface area contributed by atoms with Gasteiger partial charge in [-0.2, -0.15) is 11.8 Å². The minimum atomic E-state index is -0.128. The molecule has 1 aliphatic rings. The van der Waals surface area contributed by atoms with Crippen LogP contribution < -0.4 is 0 Å². The van der Waals surface area contributed by atoms with Crippen molar-refractivity contribution in [3.63, 3.8) is 0 Å². The summed E-state index contributed by atoms with van der Waals surface area (Å²) in [7, 11) is 0. The van der Waals surface area contributed by atoms with Gasteiger partial charge in [0, 0.05) is 36.1 Å². The van der Waals surface area contributed by atoms with Crippen LogP contribution in [0.2, 0.25) is 0 Å². The molecule has 0 radical (unpaired) electrons. The monoisotopic (exact) mass is 229 g/mol. The van der Waals surface area contributed by atoms with E-state index in [4.69, 9.17) is 0 Å². The van der Waals surface area contributed by atoms with Gasteiger partial charge in [0.05, 0.1) is 0 Å². The van der Waals surface area contributed by atoms with Crippen LogP contribution in [0.4, 0.5) is 0 Å². The second kappa shape index (κ2) is 5.90. The molecule has 0 aromatic rings. The van der Waals surface area contributed by atoms with Crippen LogP contribution in [0, 0.1) is 5.41 Å². The van der Waals surface area contributed by atoms with Crippen molar-refractivity contribution in [2.75, 3.05) is 25.4 Å². The first-order chi connectivity index (χ1) is 7.09. The first-order valence-electron chi connectivity index (χ1n) is 5.90. The second-order valence-corrected chi connectivity index (χ2v) is 6.48. The molecule has 1 rings (SSSR count). The van der Waals surface area contributed by atoms with E-state index in [0.717, 1.165) is 44.0 Å². The highest BCUT2D eigenvalue weighted by molar-refractivity contribution is 7.99. The summed E-state index contributed by atoms with van der Waals surface area (Å²) in [5.41, 5.74) is -0.128. The molecule has 1 aliphatic heterocycles. The summed E-state index contributed by atoms with van der Waals surface area (Å²) >= 11 is 2.04. The van der Waals surface area contributed by atoms with Crippen LogP contribution in [0.5, 0.6) is 0 Å². The van der Waals surface area contributed by atoms with Crippen LogP contribution in [-0.2, 0) is 4.79 Å².